The van der Waals surface area contributed by atoms with Gasteiger partial charge in [-0.1, -0.05) is 0 Å². The molecule has 0 saturated carbocycles. The summed E-state index contributed by atoms with van der Waals surface area (Å²) in [7, 11) is 0. The number of nitrogens with one attached hydrogen (secondary N) is 1. The SMILES string of the molecule is O=C(NCCO)[C@@H]1CCCN(c2ccc([N+](=O)[O-])cn2)C1. The molecule has 2 heterocycles. The van der Waals surface area contributed by atoms with E-state index in [4.69, 9.17) is 5.11 Å². The van der Waals surface area contributed by atoms with Crippen LogP contribution in [0, 0.1) is 16.0 Å². The predicted molar refractivity (Wildman–Crippen MR) is 75.9 cm³/mol. The molecule has 0 radical (unpaired) electrons. The van der Waals surface area contributed by atoms with E-state index in [0.29, 0.717) is 12.4 Å². The van der Waals surface area contributed by atoms with Gasteiger partial charge in [0.1, 0.15) is 12.0 Å². The van der Waals surface area contributed by atoms with Crippen LogP contribution >= 0.6 is 0 Å². The highest BCUT2D eigenvalue weighted by molar-refractivity contribution is 5.79. The topological polar surface area (TPSA) is 109 Å². The molecule has 0 bridgehead atoms. The third-order valence-electron chi connectivity index (χ3n) is 3.47. The Morgan fingerprint density at radius 1 is 1.57 bits per heavy atom. The van der Waals surface area contributed by atoms with Crippen LogP contribution in [0.4, 0.5) is 11.5 Å². The number of hydrogen-bond acceptors (Lipinski definition) is 6. The Balaban J connectivity index is 2.00. The van der Waals surface area contributed by atoms with Crippen LogP contribution in [-0.4, -0.2) is 47.2 Å². The number of anilines is 1. The number of hydrogen-bond donors (Lipinski definition) is 2. The van der Waals surface area contributed by atoms with Crippen molar-refractivity contribution < 1.29 is 14.8 Å². The molecule has 2 rings (SSSR count). The Morgan fingerprint density at radius 3 is 3.00 bits per heavy atom. The van der Waals surface area contributed by atoms with E-state index in [1.165, 1.54) is 12.3 Å². The van der Waals surface area contributed by atoms with Gasteiger partial charge in [0.2, 0.25) is 5.91 Å². The van der Waals surface area contributed by atoms with E-state index in [0.717, 1.165) is 19.4 Å². The highest BCUT2D eigenvalue weighted by Crippen LogP contribution is 2.23. The summed E-state index contributed by atoms with van der Waals surface area (Å²) in [4.78, 5) is 28.1. The second kappa shape index (κ2) is 6.98. The van der Waals surface area contributed by atoms with Crippen molar-refractivity contribution in [3.05, 3.63) is 28.4 Å². The summed E-state index contributed by atoms with van der Waals surface area (Å²) >= 11 is 0. The van der Waals surface area contributed by atoms with Crippen LogP contribution in [0.5, 0.6) is 0 Å². The first-order valence-corrected chi connectivity index (χ1v) is 6.86. The summed E-state index contributed by atoms with van der Waals surface area (Å²) in [5.41, 5.74) is -0.0481. The summed E-state index contributed by atoms with van der Waals surface area (Å²) < 4.78 is 0. The molecule has 114 valence electrons. The largest absolute Gasteiger partial charge is 0.395 e. The van der Waals surface area contributed by atoms with E-state index < -0.39 is 4.92 Å². The summed E-state index contributed by atoms with van der Waals surface area (Å²) in [5.74, 6) is 0.415. The highest BCUT2D eigenvalue weighted by atomic mass is 16.6. The lowest BCUT2D eigenvalue weighted by Crippen LogP contribution is -2.44. The number of carbonyl (C=O) groups is 1. The Morgan fingerprint density at radius 2 is 2.38 bits per heavy atom. The Hall–Kier alpha value is -2.22. The van der Waals surface area contributed by atoms with Crippen molar-refractivity contribution in [2.45, 2.75) is 12.8 Å². The molecule has 0 spiro atoms. The van der Waals surface area contributed by atoms with Crippen molar-refractivity contribution in [3.8, 4) is 0 Å². The molecule has 1 fully saturated rings. The molecule has 0 aromatic carbocycles. The fourth-order valence-electron chi connectivity index (χ4n) is 2.40. The van der Waals surface area contributed by atoms with Crippen LogP contribution < -0.4 is 10.2 Å². The molecule has 1 aromatic rings. The molecule has 21 heavy (non-hydrogen) atoms. The standard InChI is InChI=1S/C13H18N4O4/c18-7-5-14-13(19)10-2-1-6-16(9-10)12-4-3-11(8-15-12)17(20)21/h3-4,8,10,18H,1-2,5-7,9H2,(H,14,19)/t10-/m1/s1. The quantitative estimate of drug-likeness (QED) is 0.598. The molecule has 1 aromatic heterocycles. The van der Waals surface area contributed by atoms with E-state index in [2.05, 4.69) is 10.3 Å². The fourth-order valence-corrected chi connectivity index (χ4v) is 2.40. The zero-order valence-corrected chi connectivity index (χ0v) is 11.6. The average molecular weight is 294 g/mol. The van der Waals surface area contributed by atoms with Gasteiger partial charge in [-0.2, -0.15) is 0 Å². The Labute approximate surface area is 121 Å². The fraction of sp³-hybridized carbons (Fsp3) is 0.538. The summed E-state index contributed by atoms with van der Waals surface area (Å²) in [5, 5.41) is 22.0. The highest BCUT2D eigenvalue weighted by Gasteiger charge is 2.26. The van der Waals surface area contributed by atoms with Crippen molar-refractivity contribution in [3.63, 3.8) is 0 Å². The van der Waals surface area contributed by atoms with Gasteiger partial charge in [0, 0.05) is 25.7 Å². The van der Waals surface area contributed by atoms with Gasteiger partial charge in [0.15, 0.2) is 0 Å². The van der Waals surface area contributed by atoms with E-state index in [9.17, 15) is 14.9 Å². The van der Waals surface area contributed by atoms with Gasteiger partial charge < -0.3 is 15.3 Å². The number of piperidine rings is 1. The lowest BCUT2D eigenvalue weighted by atomic mass is 9.97. The molecule has 8 nitrogen and oxygen atoms in total. The normalized spacial score (nSPS) is 18.3. The van der Waals surface area contributed by atoms with Gasteiger partial charge in [-0.05, 0) is 18.9 Å². The van der Waals surface area contributed by atoms with Crippen molar-refractivity contribution >= 4 is 17.4 Å². The smallest absolute Gasteiger partial charge is 0.287 e. The minimum atomic E-state index is -0.488. The first kappa shape index (κ1) is 15.2. The Kier molecular flexibility index (Phi) is 5.04. The maximum absolute atomic E-state index is 11.9. The number of aliphatic hydroxyl groups is 1. The number of amides is 1. The monoisotopic (exact) mass is 294 g/mol. The van der Waals surface area contributed by atoms with Gasteiger partial charge in [0.25, 0.3) is 5.69 Å². The maximum Gasteiger partial charge on any atom is 0.287 e. The van der Waals surface area contributed by atoms with Crippen molar-refractivity contribution in [2.75, 3.05) is 31.1 Å². The van der Waals surface area contributed by atoms with Crippen LogP contribution in [-0.2, 0) is 4.79 Å². The van der Waals surface area contributed by atoms with E-state index >= 15 is 0 Å². The number of aromatic nitrogens is 1. The minimum absolute atomic E-state index is 0.0481. The number of nitrogens with zero attached hydrogens (tertiary/aromatic N) is 3. The van der Waals surface area contributed by atoms with E-state index in [-0.39, 0.29) is 30.7 Å². The molecule has 1 amide bonds. The second-order valence-corrected chi connectivity index (χ2v) is 4.93. The second-order valence-electron chi connectivity index (χ2n) is 4.93. The first-order valence-electron chi connectivity index (χ1n) is 6.86. The minimum Gasteiger partial charge on any atom is -0.395 e. The molecular formula is C13H18N4O4. The number of rotatable bonds is 5. The molecule has 1 aliphatic heterocycles. The van der Waals surface area contributed by atoms with Gasteiger partial charge in [-0.25, -0.2) is 4.98 Å². The van der Waals surface area contributed by atoms with Crippen molar-refractivity contribution in [2.24, 2.45) is 5.92 Å². The van der Waals surface area contributed by atoms with Gasteiger partial charge in [-0.15, -0.1) is 0 Å². The average Bonchev–Trinajstić information content (AvgIpc) is 2.52. The third-order valence-corrected chi connectivity index (χ3v) is 3.47. The number of carbonyl (C=O) groups excluding carboxylic acids is 1. The molecule has 8 heteroatoms. The van der Waals surface area contributed by atoms with Crippen LogP contribution in [0.2, 0.25) is 0 Å². The molecule has 0 aliphatic carbocycles. The Bertz CT molecular complexity index is 505. The summed E-state index contributed by atoms with van der Waals surface area (Å²) in [6, 6.07) is 3.02. The zero-order valence-electron chi connectivity index (χ0n) is 11.6. The summed E-state index contributed by atoms with van der Waals surface area (Å²) in [6.45, 7) is 1.48. The number of nitro groups is 1. The van der Waals surface area contributed by atoms with E-state index in [1.807, 2.05) is 4.90 Å². The van der Waals surface area contributed by atoms with Crippen LogP contribution in [0.3, 0.4) is 0 Å². The molecule has 1 aliphatic rings. The molecule has 2 N–H and O–H groups in total. The lowest BCUT2D eigenvalue weighted by Gasteiger charge is -2.32. The predicted octanol–water partition coefficient (Wildman–Crippen LogP) is 0.315. The maximum atomic E-state index is 11.9. The molecular weight excluding hydrogens is 276 g/mol. The molecule has 1 saturated heterocycles. The van der Waals surface area contributed by atoms with Gasteiger partial charge in [0.05, 0.1) is 17.4 Å². The summed E-state index contributed by atoms with van der Waals surface area (Å²) in [6.07, 6.45) is 2.88. The molecule has 1 atom stereocenters. The third kappa shape index (κ3) is 3.88. The first-order chi connectivity index (χ1) is 10.1. The van der Waals surface area contributed by atoms with Crippen LogP contribution in [0.15, 0.2) is 18.3 Å². The van der Waals surface area contributed by atoms with Gasteiger partial charge >= 0.3 is 0 Å². The van der Waals surface area contributed by atoms with Crippen LogP contribution in [0.25, 0.3) is 0 Å². The van der Waals surface area contributed by atoms with Gasteiger partial charge in [-0.3, -0.25) is 14.9 Å². The van der Waals surface area contributed by atoms with Crippen molar-refractivity contribution in [1.82, 2.24) is 10.3 Å². The number of aliphatic hydroxyl groups excluding tert-OH is 1. The van der Waals surface area contributed by atoms with Crippen molar-refractivity contribution in [1.29, 1.82) is 0 Å². The molecule has 0 unspecified atom stereocenters. The lowest BCUT2D eigenvalue weighted by molar-refractivity contribution is -0.385. The zero-order chi connectivity index (χ0) is 15.2. The number of pyridine rings is 1. The van der Waals surface area contributed by atoms with Crippen LogP contribution in [0.1, 0.15) is 12.8 Å². The van der Waals surface area contributed by atoms with E-state index in [1.54, 1.807) is 6.07 Å².